The van der Waals surface area contributed by atoms with E-state index in [0.717, 1.165) is 11.1 Å². The van der Waals surface area contributed by atoms with E-state index in [1.165, 1.54) is 0 Å². The van der Waals surface area contributed by atoms with Crippen LogP contribution >= 0.6 is 0 Å². The SMILES string of the molecule is [N-]=[N+]=NC[C@H]1O[C@](O)(CO)[C@@H](OCc2ccccc2)[C@@H]1OCc1ccccc1. The summed E-state index contributed by atoms with van der Waals surface area (Å²) in [5.41, 5.74) is 10.5. The first-order chi connectivity index (χ1) is 13.7. The van der Waals surface area contributed by atoms with Crippen LogP contribution in [-0.2, 0) is 27.4 Å². The maximum atomic E-state index is 10.8. The molecule has 1 aliphatic rings. The predicted octanol–water partition coefficient (Wildman–Crippen LogP) is 2.55. The molecule has 0 bridgehead atoms. The lowest BCUT2D eigenvalue weighted by Gasteiger charge is -2.29. The van der Waals surface area contributed by atoms with E-state index in [9.17, 15) is 10.2 Å². The van der Waals surface area contributed by atoms with Gasteiger partial charge in [-0.05, 0) is 16.7 Å². The molecule has 1 heterocycles. The molecule has 0 radical (unpaired) electrons. The van der Waals surface area contributed by atoms with Crippen LogP contribution in [0.4, 0.5) is 0 Å². The minimum absolute atomic E-state index is 0.0521. The van der Waals surface area contributed by atoms with Crippen LogP contribution in [0.5, 0.6) is 0 Å². The molecule has 8 heteroatoms. The Morgan fingerprint density at radius 3 is 2.11 bits per heavy atom. The highest BCUT2D eigenvalue weighted by Gasteiger charge is 2.55. The predicted molar refractivity (Wildman–Crippen MR) is 101 cm³/mol. The third kappa shape index (κ3) is 4.88. The Hall–Kier alpha value is -2.45. The first-order valence-corrected chi connectivity index (χ1v) is 8.99. The number of hydrogen-bond acceptors (Lipinski definition) is 6. The van der Waals surface area contributed by atoms with Gasteiger partial charge in [0, 0.05) is 4.91 Å². The average Bonchev–Trinajstić information content (AvgIpc) is 3.02. The van der Waals surface area contributed by atoms with Crippen molar-refractivity contribution in [3.05, 3.63) is 82.2 Å². The maximum Gasteiger partial charge on any atom is 0.219 e. The molecule has 4 atom stereocenters. The fourth-order valence-electron chi connectivity index (χ4n) is 3.18. The Morgan fingerprint density at radius 2 is 1.57 bits per heavy atom. The van der Waals surface area contributed by atoms with E-state index in [2.05, 4.69) is 10.0 Å². The Morgan fingerprint density at radius 1 is 1.00 bits per heavy atom. The molecule has 1 saturated heterocycles. The van der Waals surface area contributed by atoms with Gasteiger partial charge in [-0.25, -0.2) is 0 Å². The minimum Gasteiger partial charge on any atom is -0.391 e. The van der Waals surface area contributed by atoms with Crippen molar-refractivity contribution in [2.45, 2.75) is 37.3 Å². The number of ether oxygens (including phenoxy) is 3. The lowest BCUT2D eigenvalue weighted by molar-refractivity contribution is -0.256. The summed E-state index contributed by atoms with van der Waals surface area (Å²) < 4.78 is 17.5. The molecule has 8 nitrogen and oxygen atoms in total. The number of rotatable bonds is 9. The van der Waals surface area contributed by atoms with Crippen molar-refractivity contribution < 1.29 is 24.4 Å². The first-order valence-electron chi connectivity index (χ1n) is 8.99. The zero-order valence-electron chi connectivity index (χ0n) is 15.3. The van der Waals surface area contributed by atoms with Gasteiger partial charge >= 0.3 is 0 Å². The van der Waals surface area contributed by atoms with Crippen LogP contribution in [0.1, 0.15) is 11.1 Å². The quantitative estimate of drug-likeness (QED) is 0.391. The van der Waals surface area contributed by atoms with Gasteiger partial charge < -0.3 is 24.4 Å². The summed E-state index contributed by atoms with van der Waals surface area (Å²) in [5, 5.41) is 24.0. The first kappa shape index (κ1) is 20.3. The lowest BCUT2D eigenvalue weighted by Crippen LogP contribution is -2.48. The Kier molecular flexibility index (Phi) is 7.00. The van der Waals surface area contributed by atoms with E-state index < -0.39 is 30.7 Å². The number of azide groups is 1. The summed E-state index contributed by atoms with van der Waals surface area (Å²) in [6.07, 6.45) is -2.44. The summed E-state index contributed by atoms with van der Waals surface area (Å²) in [4.78, 5) is 2.75. The Balaban J connectivity index is 1.77. The van der Waals surface area contributed by atoms with Crippen LogP contribution in [0, 0.1) is 0 Å². The molecule has 0 saturated carbocycles. The van der Waals surface area contributed by atoms with E-state index in [0.29, 0.717) is 0 Å². The van der Waals surface area contributed by atoms with Crippen molar-refractivity contribution in [1.29, 1.82) is 0 Å². The zero-order valence-corrected chi connectivity index (χ0v) is 15.3. The molecule has 3 rings (SSSR count). The Bertz CT molecular complexity index is 785. The topological polar surface area (TPSA) is 117 Å². The van der Waals surface area contributed by atoms with Crippen LogP contribution < -0.4 is 0 Å². The summed E-state index contributed by atoms with van der Waals surface area (Å²) in [7, 11) is 0. The fourth-order valence-corrected chi connectivity index (χ4v) is 3.18. The standard InChI is InChI=1S/C20H23N3O5/c21-23-22-11-17-18(26-12-15-7-3-1-4-8-15)19(20(25,14-24)28-17)27-13-16-9-5-2-6-10-16/h1-10,17-19,24-25H,11-14H2/t17-,18-,19+,20-/m1/s1. The largest absolute Gasteiger partial charge is 0.391 e. The monoisotopic (exact) mass is 385 g/mol. The number of nitrogens with zero attached hydrogens (tertiary/aromatic N) is 3. The highest BCUT2D eigenvalue weighted by Crippen LogP contribution is 2.35. The molecule has 0 unspecified atom stereocenters. The third-order valence-electron chi connectivity index (χ3n) is 4.57. The average molecular weight is 385 g/mol. The third-order valence-corrected chi connectivity index (χ3v) is 4.57. The molecule has 2 aromatic carbocycles. The van der Waals surface area contributed by atoms with E-state index in [-0.39, 0.29) is 19.8 Å². The van der Waals surface area contributed by atoms with Crippen LogP contribution in [0.25, 0.3) is 10.4 Å². The van der Waals surface area contributed by atoms with Crippen molar-refractivity contribution in [2.75, 3.05) is 13.2 Å². The molecule has 0 aromatic heterocycles. The minimum atomic E-state index is -1.95. The van der Waals surface area contributed by atoms with Gasteiger partial charge in [-0.2, -0.15) is 0 Å². The molecule has 0 aliphatic carbocycles. The smallest absolute Gasteiger partial charge is 0.219 e. The number of hydrogen-bond donors (Lipinski definition) is 2. The van der Waals surface area contributed by atoms with Crippen LogP contribution in [0.2, 0.25) is 0 Å². The van der Waals surface area contributed by atoms with E-state index >= 15 is 0 Å². The van der Waals surface area contributed by atoms with E-state index in [1.54, 1.807) is 0 Å². The van der Waals surface area contributed by atoms with Gasteiger partial charge in [0.1, 0.15) is 12.2 Å². The number of benzene rings is 2. The van der Waals surface area contributed by atoms with Crippen molar-refractivity contribution >= 4 is 0 Å². The number of aliphatic hydroxyl groups is 2. The zero-order chi connectivity index (χ0) is 19.8. The molecular formula is C20H23N3O5. The highest BCUT2D eigenvalue weighted by molar-refractivity contribution is 5.15. The fraction of sp³-hybridized carbons (Fsp3) is 0.400. The molecule has 2 N–H and O–H groups in total. The maximum absolute atomic E-state index is 10.8. The normalized spacial score (nSPS) is 26.7. The summed E-state index contributed by atoms with van der Waals surface area (Å²) in [5.74, 6) is -1.95. The van der Waals surface area contributed by atoms with Gasteiger partial charge in [0.25, 0.3) is 0 Å². The summed E-state index contributed by atoms with van der Waals surface area (Å²) in [6, 6.07) is 19.0. The summed E-state index contributed by atoms with van der Waals surface area (Å²) in [6.45, 7) is -0.265. The molecular weight excluding hydrogens is 362 g/mol. The Labute approximate surface area is 162 Å². The van der Waals surface area contributed by atoms with Crippen molar-refractivity contribution in [3.63, 3.8) is 0 Å². The molecule has 1 aliphatic heterocycles. The van der Waals surface area contributed by atoms with Gasteiger partial charge in [-0.15, -0.1) is 0 Å². The highest BCUT2D eigenvalue weighted by atomic mass is 16.7. The van der Waals surface area contributed by atoms with Crippen molar-refractivity contribution in [3.8, 4) is 0 Å². The van der Waals surface area contributed by atoms with Crippen LogP contribution in [0.3, 0.4) is 0 Å². The van der Waals surface area contributed by atoms with Gasteiger partial charge in [0.05, 0.1) is 32.5 Å². The number of aliphatic hydroxyl groups excluding tert-OH is 1. The lowest BCUT2D eigenvalue weighted by atomic mass is 10.0. The van der Waals surface area contributed by atoms with Gasteiger partial charge in [0.2, 0.25) is 5.79 Å². The summed E-state index contributed by atoms with van der Waals surface area (Å²) >= 11 is 0. The molecule has 0 spiro atoms. The van der Waals surface area contributed by atoms with Gasteiger partial charge in [-0.3, -0.25) is 0 Å². The second-order valence-electron chi connectivity index (χ2n) is 6.55. The van der Waals surface area contributed by atoms with E-state index in [4.69, 9.17) is 19.7 Å². The van der Waals surface area contributed by atoms with Crippen LogP contribution in [0.15, 0.2) is 65.8 Å². The molecule has 2 aromatic rings. The van der Waals surface area contributed by atoms with Crippen molar-refractivity contribution in [2.24, 2.45) is 5.11 Å². The van der Waals surface area contributed by atoms with Crippen LogP contribution in [-0.4, -0.2) is 47.5 Å². The molecule has 1 fully saturated rings. The second kappa shape index (κ2) is 9.66. The van der Waals surface area contributed by atoms with Gasteiger partial charge in [0.15, 0.2) is 0 Å². The van der Waals surface area contributed by atoms with Crippen molar-refractivity contribution in [1.82, 2.24) is 0 Å². The molecule has 0 amide bonds. The van der Waals surface area contributed by atoms with Gasteiger partial charge in [-0.1, -0.05) is 65.8 Å². The van der Waals surface area contributed by atoms with E-state index in [1.807, 2.05) is 60.7 Å². The second-order valence-corrected chi connectivity index (χ2v) is 6.55. The molecule has 28 heavy (non-hydrogen) atoms. The molecule has 148 valence electrons.